The molecule has 2 fully saturated rings. The first-order valence-electron chi connectivity index (χ1n) is 13.8. The second kappa shape index (κ2) is 12.6. The highest BCUT2D eigenvalue weighted by Gasteiger charge is 2.55. The van der Waals surface area contributed by atoms with Crippen LogP contribution in [0.5, 0.6) is 5.88 Å². The molecule has 0 radical (unpaired) electrons. The molecule has 1 spiro atoms. The lowest BCUT2D eigenvalue weighted by Crippen LogP contribution is -2.55. The van der Waals surface area contributed by atoms with Gasteiger partial charge in [-0.25, -0.2) is 9.78 Å². The number of anilines is 1. The van der Waals surface area contributed by atoms with E-state index in [1.54, 1.807) is 4.90 Å². The van der Waals surface area contributed by atoms with Gasteiger partial charge >= 0.3 is 6.03 Å². The van der Waals surface area contributed by atoms with Crippen LogP contribution in [0, 0.1) is 11.3 Å². The van der Waals surface area contributed by atoms with E-state index in [1.807, 2.05) is 17.0 Å². The van der Waals surface area contributed by atoms with E-state index in [-0.39, 0.29) is 28.8 Å². The molecule has 1 aliphatic heterocycles. The van der Waals surface area contributed by atoms with Gasteiger partial charge in [-0.15, -0.1) is 0 Å². The molecule has 2 aliphatic rings. The molecule has 1 saturated carbocycles. The second-order valence-corrected chi connectivity index (χ2v) is 10.5. The van der Waals surface area contributed by atoms with Gasteiger partial charge in [-0.1, -0.05) is 49.4 Å². The van der Waals surface area contributed by atoms with Gasteiger partial charge in [-0.2, -0.15) is 10.2 Å². The molecule has 0 bridgehead atoms. The van der Waals surface area contributed by atoms with Crippen LogP contribution in [0.1, 0.15) is 56.8 Å². The zero-order chi connectivity index (χ0) is 27.9. The van der Waals surface area contributed by atoms with Gasteiger partial charge in [0.25, 0.3) is 0 Å². The topological polar surface area (TPSA) is 94.8 Å². The molecule has 208 valence electrons. The standard InChI is InChI=1S/C30H40N6O3/c1-5-6-10-19-39-20-11-18-36-28(37)35(25-22-32-26(21-31)33-27(25)38-4)23-29(36)14-16-30(17-15-29,34(2)3)24-12-8-7-9-13-24/h6-10,12-13,22H,5,11,14-20,23H2,1-4H3/b10-6-/t29-,30+. The van der Waals surface area contributed by atoms with Crippen molar-refractivity contribution >= 4 is 11.7 Å². The Bertz CT molecular complexity index is 1180. The van der Waals surface area contributed by atoms with Gasteiger partial charge in [0.1, 0.15) is 11.8 Å². The van der Waals surface area contributed by atoms with Crippen LogP contribution >= 0.6 is 0 Å². The fraction of sp³-hybridized carbons (Fsp3) is 0.533. The van der Waals surface area contributed by atoms with Gasteiger partial charge in [0, 0.05) is 18.7 Å². The molecular formula is C30H40N6O3. The van der Waals surface area contributed by atoms with Crippen LogP contribution in [0.15, 0.2) is 48.7 Å². The van der Waals surface area contributed by atoms with Crippen molar-refractivity contribution in [3.8, 4) is 11.9 Å². The average Bonchev–Trinajstić information content (AvgIpc) is 3.23. The highest BCUT2D eigenvalue weighted by atomic mass is 16.5. The third-order valence-corrected chi connectivity index (χ3v) is 8.27. The van der Waals surface area contributed by atoms with Gasteiger partial charge in [-0.3, -0.25) is 9.80 Å². The lowest BCUT2D eigenvalue weighted by Gasteiger charge is -2.51. The van der Waals surface area contributed by atoms with E-state index in [1.165, 1.54) is 18.9 Å². The third-order valence-electron chi connectivity index (χ3n) is 8.27. The van der Waals surface area contributed by atoms with E-state index >= 15 is 0 Å². The molecule has 9 nitrogen and oxygen atoms in total. The monoisotopic (exact) mass is 532 g/mol. The molecule has 0 atom stereocenters. The Kier molecular flexibility index (Phi) is 9.20. The molecule has 2 amide bonds. The van der Waals surface area contributed by atoms with E-state index in [4.69, 9.17) is 9.47 Å². The number of nitrogens with zero attached hydrogens (tertiary/aromatic N) is 6. The van der Waals surface area contributed by atoms with Gasteiger partial charge in [-0.05, 0) is 58.2 Å². The predicted molar refractivity (Wildman–Crippen MR) is 151 cm³/mol. The minimum atomic E-state index is -0.327. The number of nitriles is 1. The van der Waals surface area contributed by atoms with E-state index in [9.17, 15) is 10.1 Å². The van der Waals surface area contributed by atoms with Crippen LogP contribution in [0.25, 0.3) is 0 Å². The lowest BCUT2D eigenvalue weighted by molar-refractivity contribution is 0.0234. The minimum absolute atomic E-state index is 0.0133. The Balaban J connectivity index is 1.59. The lowest BCUT2D eigenvalue weighted by atomic mass is 9.68. The summed E-state index contributed by atoms with van der Waals surface area (Å²) in [5.74, 6) is 0.250. The Hall–Kier alpha value is -3.48. The summed E-state index contributed by atoms with van der Waals surface area (Å²) in [6.45, 7) is 4.40. The van der Waals surface area contributed by atoms with Crippen molar-refractivity contribution in [3.63, 3.8) is 0 Å². The average molecular weight is 533 g/mol. The molecule has 2 aromatic rings. The first-order valence-corrected chi connectivity index (χ1v) is 13.8. The number of methoxy groups -OCH3 is 1. The van der Waals surface area contributed by atoms with Crippen LogP contribution in [-0.4, -0.2) is 78.8 Å². The first-order chi connectivity index (χ1) is 18.9. The molecule has 1 saturated heterocycles. The van der Waals surface area contributed by atoms with Gasteiger partial charge in [0.2, 0.25) is 11.7 Å². The summed E-state index contributed by atoms with van der Waals surface area (Å²) in [5, 5.41) is 9.24. The Morgan fingerprint density at radius 3 is 2.54 bits per heavy atom. The van der Waals surface area contributed by atoms with Crippen LogP contribution in [0.4, 0.5) is 10.5 Å². The molecule has 39 heavy (non-hydrogen) atoms. The van der Waals surface area contributed by atoms with Gasteiger partial charge < -0.3 is 14.4 Å². The highest BCUT2D eigenvalue weighted by molar-refractivity contribution is 5.96. The summed E-state index contributed by atoms with van der Waals surface area (Å²) in [7, 11) is 5.80. The summed E-state index contributed by atoms with van der Waals surface area (Å²) >= 11 is 0. The summed E-state index contributed by atoms with van der Waals surface area (Å²) in [4.78, 5) is 28.4. The number of carbonyl (C=O) groups excluding carboxylic acids is 1. The van der Waals surface area contributed by atoms with Gasteiger partial charge in [0.15, 0.2) is 0 Å². The maximum absolute atomic E-state index is 14.0. The van der Waals surface area contributed by atoms with Crippen molar-refractivity contribution in [2.75, 3.05) is 52.4 Å². The number of hydrogen-bond donors (Lipinski definition) is 0. The van der Waals surface area contributed by atoms with Crippen molar-refractivity contribution in [2.24, 2.45) is 0 Å². The number of aromatic nitrogens is 2. The maximum atomic E-state index is 14.0. The van der Waals surface area contributed by atoms with E-state index in [2.05, 4.69) is 72.3 Å². The molecule has 1 aliphatic carbocycles. The van der Waals surface area contributed by atoms with Crippen LogP contribution in [-0.2, 0) is 10.3 Å². The fourth-order valence-corrected chi connectivity index (χ4v) is 6.08. The molecule has 0 N–H and O–H groups in total. The van der Waals surface area contributed by atoms with Gasteiger partial charge in [0.05, 0.1) is 32.0 Å². The number of benzene rings is 1. The summed E-state index contributed by atoms with van der Waals surface area (Å²) in [6.07, 6.45) is 11.0. The largest absolute Gasteiger partial charge is 0.479 e. The molecule has 4 rings (SSSR count). The van der Waals surface area contributed by atoms with Crippen LogP contribution in [0.2, 0.25) is 0 Å². The van der Waals surface area contributed by atoms with Crippen molar-refractivity contribution in [1.29, 1.82) is 5.26 Å². The smallest absolute Gasteiger partial charge is 0.325 e. The van der Waals surface area contributed by atoms with Crippen LogP contribution < -0.4 is 9.64 Å². The zero-order valence-corrected chi connectivity index (χ0v) is 23.6. The molecule has 2 heterocycles. The molecule has 0 unspecified atom stereocenters. The molecular weight excluding hydrogens is 492 g/mol. The van der Waals surface area contributed by atoms with E-state index in [0.717, 1.165) is 38.5 Å². The number of amides is 2. The van der Waals surface area contributed by atoms with Crippen LogP contribution in [0.3, 0.4) is 0 Å². The molecule has 1 aromatic carbocycles. The maximum Gasteiger partial charge on any atom is 0.325 e. The second-order valence-electron chi connectivity index (χ2n) is 10.5. The minimum Gasteiger partial charge on any atom is -0.479 e. The van der Waals surface area contributed by atoms with Crippen molar-refractivity contribution in [1.82, 2.24) is 19.8 Å². The fourth-order valence-electron chi connectivity index (χ4n) is 6.08. The Labute approximate surface area is 232 Å². The van der Waals surface area contributed by atoms with Crippen molar-refractivity contribution in [3.05, 3.63) is 60.1 Å². The number of allylic oxidation sites excluding steroid dienone is 1. The molecule has 9 heteroatoms. The van der Waals surface area contributed by atoms with E-state index in [0.29, 0.717) is 32.0 Å². The van der Waals surface area contributed by atoms with E-state index < -0.39 is 0 Å². The highest BCUT2D eigenvalue weighted by Crippen LogP contribution is 2.50. The Morgan fingerprint density at radius 2 is 1.90 bits per heavy atom. The Morgan fingerprint density at radius 1 is 1.15 bits per heavy atom. The number of ether oxygens (including phenoxy) is 2. The summed E-state index contributed by atoms with van der Waals surface area (Å²) < 4.78 is 11.3. The molecule has 1 aromatic heterocycles. The van der Waals surface area contributed by atoms with Crippen molar-refractivity contribution in [2.45, 2.75) is 56.5 Å². The number of carbonyl (C=O) groups is 1. The normalized spacial score (nSPS) is 23.2. The number of urea groups is 1. The zero-order valence-electron chi connectivity index (χ0n) is 23.6. The summed E-state index contributed by atoms with van der Waals surface area (Å²) in [5.41, 5.74) is 1.40. The SMILES string of the molecule is CC/C=C\COCCCN1C(=O)N(c2cnc(C#N)nc2OC)C[C@]12CC[C@](c1ccccc1)(N(C)C)CC2. The number of hydrogen-bond acceptors (Lipinski definition) is 7. The summed E-state index contributed by atoms with van der Waals surface area (Å²) in [6, 6.07) is 12.6. The third kappa shape index (κ3) is 5.77. The number of rotatable bonds is 11. The quantitative estimate of drug-likeness (QED) is 0.305. The predicted octanol–water partition coefficient (Wildman–Crippen LogP) is 4.74. The van der Waals surface area contributed by atoms with Crippen molar-refractivity contribution < 1.29 is 14.3 Å². The first kappa shape index (κ1) is 28.5.